The Hall–Kier alpha value is -4.04. The Kier molecular flexibility index (Phi) is 7.14. The standard InChI is InChI=1S/C22H17ClF4N6O4/c1-37-20(35)19-28-17(29-33(19)15-5-3-2-4-14(15)24)11-32-21(36)31(10-16(34)22(25,26)27)18(30-32)12-6-8-13(23)9-7-12/h2-9,16,34H,10-11H2,1H3. The number of benzene rings is 2. The second-order valence-corrected chi connectivity index (χ2v) is 8.08. The average Bonchev–Trinajstić information content (AvgIpc) is 3.40. The molecule has 15 heteroatoms. The van der Waals surface area contributed by atoms with E-state index in [1.165, 1.54) is 42.5 Å². The first kappa shape index (κ1) is 26.0. The predicted molar refractivity (Wildman–Crippen MR) is 121 cm³/mol. The van der Waals surface area contributed by atoms with Crippen LogP contribution in [0.5, 0.6) is 0 Å². The Morgan fingerprint density at radius 2 is 1.81 bits per heavy atom. The van der Waals surface area contributed by atoms with E-state index in [4.69, 9.17) is 11.6 Å². The van der Waals surface area contributed by atoms with Gasteiger partial charge in [-0.05, 0) is 36.4 Å². The number of rotatable bonds is 7. The lowest BCUT2D eigenvalue weighted by molar-refractivity contribution is -0.207. The van der Waals surface area contributed by atoms with Gasteiger partial charge in [-0.25, -0.2) is 28.3 Å². The van der Waals surface area contributed by atoms with Gasteiger partial charge in [-0.15, -0.1) is 10.2 Å². The summed E-state index contributed by atoms with van der Waals surface area (Å²) in [5, 5.41) is 18.1. The van der Waals surface area contributed by atoms with E-state index in [0.717, 1.165) is 22.5 Å². The van der Waals surface area contributed by atoms with Crippen molar-refractivity contribution in [2.24, 2.45) is 0 Å². The quantitative estimate of drug-likeness (QED) is 0.283. The second-order valence-electron chi connectivity index (χ2n) is 7.65. The van der Waals surface area contributed by atoms with E-state index >= 15 is 0 Å². The lowest BCUT2D eigenvalue weighted by atomic mass is 10.2. The van der Waals surface area contributed by atoms with E-state index in [9.17, 15) is 32.3 Å². The molecule has 4 aromatic rings. The van der Waals surface area contributed by atoms with Crippen LogP contribution < -0.4 is 5.69 Å². The highest BCUT2D eigenvalue weighted by Crippen LogP contribution is 2.24. The Balaban J connectivity index is 1.79. The SMILES string of the molecule is COC(=O)c1nc(Cn2nc(-c3ccc(Cl)cc3)n(CC(O)C(F)(F)F)c2=O)nn1-c1ccccc1F. The van der Waals surface area contributed by atoms with Gasteiger partial charge >= 0.3 is 17.8 Å². The van der Waals surface area contributed by atoms with Crippen molar-refractivity contribution in [3.8, 4) is 17.1 Å². The average molecular weight is 541 g/mol. The third kappa shape index (κ3) is 5.39. The van der Waals surface area contributed by atoms with Crippen LogP contribution in [0.1, 0.15) is 16.4 Å². The van der Waals surface area contributed by atoms with Crippen LogP contribution in [0.25, 0.3) is 17.1 Å². The van der Waals surface area contributed by atoms with Crippen molar-refractivity contribution in [3.63, 3.8) is 0 Å². The zero-order valence-electron chi connectivity index (χ0n) is 18.9. The molecule has 2 heterocycles. The van der Waals surface area contributed by atoms with Gasteiger partial charge in [0.05, 0.1) is 13.7 Å². The topological polar surface area (TPSA) is 117 Å². The number of para-hydroxylation sites is 1. The summed E-state index contributed by atoms with van der Waals surface area (Å²) in [4.78, 5) is 29.3. The van der Waals surface area contributed by atoms with Gasteiger partial charge in [-0.1, -0.05) is 23.7 Å². The molecule has 2 aromatic heterocycles. The smallest absolute Gasteiger partial charge is 0.416 e. The van der Waals surface area contributed by atoms with Crippen LogP contribution in [0.3, 0.4) is 0 Å². The number of carbonyl (C=O) groups is 1. The summed E-state index contributed by atoms with van der Waals surface area (Å²) in [7, 11) is 1.08. The number of aliphatic hydroxyl groups excluding tert-OH is 1. The van der Waals surface area contributed by atoms with E-state index in [1.807, 2.05) is 0 Å². The number of aromatic nitrogens is 6. The fourth-order valence-electron chi connectivity index (χ4n) is 3.37. The van der Waals surface area contributed by atoms with Crippen LogP contribution in [0, 0.1) is 5.82 Å². The molecule has 0 saturated heterocycles. The highest BCUT2D eigenvalue weighted by Gasteiger charge is 2.39. The molecule has 2 aromatic carbocycles. The molecule has 1 atom stereocenters. The molecule has 1 unspecified atom stereocenters. The normalized spacial score (nSPS) is 12.5. The number of nitrogens with zero attached hydrogens (tertiary/aromatic N) is 6. The zero-order valence-corrected chi connectivity index (χ0v) is 19.6. The summed E-state index contributed by atoms with van der Waals surface area (Å²) in [6, 6.07) is 11.2. The molecule has 0 bridgehead atoms. The number of ether oxygens (including phenoxy) is 1. The minimum Gasteiger partial charge on any atom is -0.463 e. The Labute approximate surface area is 210 Å². The van der Waals surface area contributed by atoms with Crippen LogP contribution in [-0.4, -0.2) is 59.6 Å². The lowest BCUT2D eigenvalue weighted by Crippen LogP contribution is -2.37. The predicted octanol–water partition coefficient (Wildman–Crippen LogP) is 2.84. The number of alkyl halides is 3. The number of esters is 1. The van der Waals surface area contributed by atoms with E-state index in [0.29, 0.717) is 9.59 Å². The van der Waals surface area contributed by atoms with Gasteiger partial charge < -0.3 is 9.84 Å². The van der Waals surface area contributed by atoms with E-state index in [-0.39, 0.29) is 22.9 Å². The van der Waals surface area contributed by atoms with Gasteiger partial charge in [0.25, 0.3) is 0 Å². The summed E-state index contributed by atoms with van der Waals surface area (Å²) in [5.74, 6) is -2.45. The van der Waals surface area contributed by atoms with Crippen LogP contribution in [0.4, 0.5) is 17.6 Å². The van der Waals surface area contributed by atoms with Crippen molar-refractivity contribution < 1.29 is 32.2 Å². The number of carbonyl (C=O) groups excluding carboxylic acids is 1. The van der Waals surface area contributed by atoms with Crippen LogP contribution in [-0.2, 0) is 17.8 Å². The molecule has 10 nitrogen and oxygen atoms in total. The number of hydrogen-bond acceptors (Lipinski definition) is 7. The summed E-state index contributed by atoms with van der Waals surface area (Å²) < 4.78 is 60.5. The fourth-order valence-corrected chi connectivity index (χ4v) is 3.49. The van der Waals surface area contributed by atoms with Crippen molar-refractivity contribution in [1.82, 2.24) is 29.1 Å². The first-order valence-corrected chi connectivity index (χ1v) is 10.8. The molecule has 0 aliphatic heterocycles. The molecular formula is C22H17ClF4N6O4. The number of hydrogen-bond donors (Lipinski definition) is 1. The van der Waals surface area contributed by atoms with Gasteiger partial charge in [-0.3, -0.25) is 4.57 Å². The molecule has 0 spiro atoms. The van der Waals surface area contributed by atoms with Gasteiger partial charge in [-0.2, -0.15) is 13.2 Å². The molecule has 0 fully saturated rings. The second kappa shape index (κ2) is 10.1. The third-order valence-electron chi connectivity index (χ3n) is 5.15. The largest absolute Gasteiger partial charge is 0.463 e. The van der Waals surface area contributed by atoms with Crippen molar-refractivity contribution in [3.05, 3.63) is 81.5 Å². The maximum Gasteiger partial charge on any atom is 0.416 e. The molecule has 0 saturated carbocycles. The maximum atomic E-state index is 14.4. The molecule has 0 amide bonds. The number of aliphatic hydroxyl groups is 1. The summed E-state index contributed by atoms with van der Waals surface area (Å²) in [6.45, 7) is -1.63. The molecule has 0 aliphatic rings. The Morgan fingerprint density at radius 3 is 2.43 bits per heavy atom. The first-order valence-electron chi connectivity index (χ1n) is 10.5. The van der Waals surface area contributed by atoms with E-state index in [2.05, 4.69) is 19.9 Å². The fraction of sp³-hybridized carbons (Fsp3) is 0.227. The molecule has 194 valence electrons. The molecule has 4 rings (SSSR count). The molecule has 37 heavy (non-hydrogen) atoms. The summed E-state index contributed by atoms with van der Waals surface area (Å²) in [6.07, 6.45) is -7.84. The third-order valence-corrected chi connectivity index (χ3v) is 5.40. The van der Waals surface area contributed by atoms with Gasteiger partial charge in [0.2, 0.25) is 5.82 Å². The minimum absolute atomic E-state index is 0.130. The van der Waals surface area contributed by atoms with Crippen molar-refractivity contribution >= 4 is 17.6 Å². The van der Waals surface area contributed by atoms with Gasteiger partial charge in [0.1, 0.15) is 18.0 Å². The van der Waals surface area contributed by atoms with Crippen molar-refractivity contribution in [1.29, 1.82) is 0 Å². The van der Waals surface area contributed by atoms with Crippen molar-refractivity contribution in [2.45, 2.75) is 25.4 Å². The van der Waals surface area contributed by atoms with Crippen LogP contribution >= 0.6 is 11.6 Å². The van der Waals surface area contributed by atoms with Crippen LogP contribution in [0.2, 0.25) is 5.02 Å². The molecule has 0 aliphatic carbocycles. The summed E-state index contributed by atoms with van der Waals surface area (Å²) >= 11 is 5.88. The highest BCUT2D eigenvalue weighted by molar-refractivity contribution is 6.30. The monoisotopic (exact) mass is 540 g/mol. The zero-order chi connectivity index (χ0) is 26.9. The van der Waals surface area contributed by atoms with Crippen LogP contribution in [0.15, 0.2) is 53.3 Å². The lowest BCUT2D eigenvalue weighted by Gasteiger charge is -2.15. The van der Waals surface area contributed by atoms with E-state index in [1.54, 1.807) is 0 Å². The Morgan fingerprint density at radius 1 is 1.14 bits per heavy atom. The number of halogens is 5. The molecular weight excluding hydrogens is 524 g/mol. The highest BCUT2D eigenvalue weighted by atomic mass is 35.5. The van der Waals surface area contributed by atoms with Crippen molar-refractivity contribution in [2.75, 3.05) is 7.11 Å². The molecule has 0 radical (unpaired) electrons. The minimum atomic E-state index is -4.99. The van der Waals surface area contributed by atoms with Gasteiger partial charge in [0.15, 0.2) is 17.8 Å². The first-order chi connectivity index (χ1) is 17.5. The van der Waals surface area contributed by atoms with E-state index < -0.39 is 48.7 Å². The van der Waals surface area contributed by atoms with Gasteiger partial charge in [0, 0.05) is 10.6 Å². The number of methoxy groups -OCH3 is 1. The molecule has 1 N–H and O–H groups in total. The Bertz CT molecular complexity index is 1500. The summed E-state index contributed by atoms with van der Waals surface area (Å²) in [5.41, 5.74) is -0.903. The maximum absolute atomic E-state index is 14.4.